The van der Waals surface area contributed by atoms with Gasteiger partial charge < -0.3 is 5.73 Å². The first-order valence-corrected chi connectivity index (χ1v) is 6.65. The Morgan fingerprint density at radius 1 is 1.24 bits per heavy atom. The van der Waals surface area contributed by atoms with Crippen molar-refractivity contribution >= 4 is 16.3 Å². The number of hydrogen-bond donors (Lipinski definition) is 1. The van der Waals surface area contributed by atoms with Crippen LogP contribution in [-0.4, -0.2) is 4.98 Å². The number of rotatable bonds is 2. The Labute approximate surface area is 107 Å². The number of aromatic nitrogens is 1. The molecule has 1 aromatic heterocycles. The molecule has 0 fully saturated rings. The van der Waals surface area contributed by atoms with Crippen molar-refractivity contribution in [2.45, 2.75) is 33.6 Å². The lowest BCUT2D eigenvalue weighted by atomic mass is 10.0. The number of anilines is 1. The number of hydrogen-bond acceptors (Lipinski definition) is 3. The molecular weight excluding hydrogens is 228 g/mol. The van der Waals surface area contributed by atoms with E-state index in [-0.39, 0.29) is 0 Å². The van der Waals surface area contributed by atoms with Crippen LogP contribution in [0.3, 0.4) is 0 Å². The van der Waals surface area contributed by atoms with E-state index >= 15 is 0 Å². The lowest BCUT2D eigenvalue weighted by Gasteiger charge is -2.06. The van der Waals surface area contributed by atoms with Gasteiger partial charge in [-0.2, -0.15) is 0 Å². The average molecular weight is 246 g/mol. The summed E-state index contributed by atoms with van der Waals surface area (Å²) in [6.07, 6.45) is 0. The van der Waals surface area contributed by atoms with Gasteiger partial charge in [0.25, 0.3) is 0 Å². The zero-order valence-corrected chi connectivity index (χ0v) is 11.6. The van der Waals surface area contributed by atoms with Crippen molar-refractivity contribution in [1.29, 1.82) is 0 Å². The summed E-state index contributed by atoms with van der Waals surface area (Å²) in [6.45, 7) is 8.53. The lowest BCUT2D eigenvalue weighted by Crippen LogP contribution is -1.91. The maximum atomic E-state index is 6.09. The van der Waals surface area contributed by atoms with E-state index in [1.807, 2.05) is 0 Å². The van der Waals surface area contributed by atoms with Crippen LogP contribution in [-0.2, 0) is 0 Å². The van der Waals surface area contributed by atoms with Crippen molar-refractivity contribution in [2.24, 2.45) is 0 Å². The van der Waals surface area contributed by atoms with Gasteiger partial charge in [-0.05, 0) is 25.0 Å². The number of nitrogens with two attached hydrogens (primary N) is 1. The van der Waals surface area contributed by atoms with Crippen molar-refractivity contribution in [2.75, 3.05) is 5.73 Å². The van der Waals surface area contributed by atoms with Gasteiger partial charge in [0.1, 0.15) is 10.7 Å². The molecule has 1 heterocycles. The van der Waals surface area contributed by atoms with Crippen LogP contribution in [0.25, 0.3) is 11.3 Å². The molecule has 17 heavy (non-hydrogen) atoms. The van der Waals surface area contributed by atoms with E-state index in [1.165, 1.54) is 11.1 Å². The topological polar surface area (TPSA) is 38.9 Å². The highest BCUT2D eigenvalue weighted by atomic mass is 32.1. The molecule has 2 rings (SSSR count). The Morgan fingerprint density at radius 3 is 2.53 bits per heavy atom. The van der Waals surface area contributed by atoms with E-state index in [2.05, 4.69) is 50.9 Å². The minimum absolute atomic E-state index is 0.432. The number of thiazole rings is 1. The van der Waals surface area contributed by atoms with Crippen LogP contribution in [0.15, 0.2) is 18.2 Å². The fraction of sp³-hybridized carbons (Fsp3) is 0.357. The van der Waals surface area contributed by atoms with Crippen molar-refractivity contribution in [3.8, 4) is 11.3 Å². The molecule has 0 saturated heterocycles. The molecule has 0 aliphatic heterocycles. The first kappa shape index (κ1) is 12.1. The molecule has 0 bridgehead atoms. The monoisotopic (exact) mass is 246 g/mol. The van der Waals surface area contributed by atoms with Crippen LogP contribution in [0.4, 0.5) is 5.00 Å². The molecule has 2 aromatic rings. The molecule has 0 amide bonds. The van der Waals surface area contributed by atoms with E-state index < -0.39 is 0 Å². The van der Waals surface area contributed by atoms with Gasteiger partial charge in [0.2, 0.25) is 0 Å². The highest BCUT2D eigenvalue weighted by molar-refractivity contribution is 7.16. The van der Waals surface area contributed by atoms with Crippen LogP contribution >= 0.6 is 11.3 Å². The van der Waals surface area contributed by atoms with Crippen LogP contribution < -0.4 is 5.73 Å². The van der Waals surface area contributed by atoms with Gasteiger partial charge >= 0.3 is 0 Å². The molecule has 0 atom stereocenters. The molecule has 0 aliphatic rings. The predicted octanol–water partition coefficient (Wildman–Crippen LogP) is 4.13. The zero-order chi connectivity index (χ0) is 12.6. The fourth-order valence-electron chi connectivity index (χ4n) is 1.80. The van der Waals surface area contributed by atoms with E-state index in [9.17, 15) is 0 Å². The number of nitrogens with zero attached hydrogens (tertiary/aromatic N) is 1. The SMILES string of the molecule is Cc1cccc(-c2nc(C(C)C)sc2N)c1C. The molecule has 2 N–H and O–H groups in total. The van der Waals surface area contributed by atoms with Crippen molar-refractivity contribution in [3.05, 3.63) is 34.3 Å². The second-order valence-electron chi connectivity index (χ2n) is 4.67. The minimum atomic E-state index is 0.432. The standard InChI is InChI=1S/C14H18N2S/c1-8(2)14-16-12(13(15)17-14)11-7-5-6-9(3)10(11)4/h5-8H,15H2,1-4H3. The molecule has 3 heteroatoms. The number of nitrogen functional groups attached to an aromatic ring is 1. The normalized spacial score (nSPS) is 11.1. The van der Waals surface area contributed by atoms with Crippen LogP contribution in [0.5, 0.6) is 0 Å². The van der Waals surface area contributed by atoms with Gasteiger partial charge in [0.05, 0.1) is 5.01 Å². The highest BCUT2D eigenvalue weighted by Crippen LogP contribution is 2.35. The lowest BCUT2D eigenvalue weighted by molar-refractivity contribution is 0.853. The Hall–Kier alpha value is -1.35. The quantitative estimate of drug-likeness (QED) is 0.865. The molecule has 1 aromatic carbocycles. The minimum Gasteiger partial charge on any atom is -0.389 e. The first-order valence-electron chi connectivity index (χ1n) is 5.83. The van der Waals surface area contributed by atoms with Gasteiger partial charge in [-0.15, -0.1) is 11.3 Å². The summed E-state index contributed by atoms with van der Waals surface area (Å²) >= 11 is 1.60. The molecule has 0 radical (unpaired) electrons. The number of aryl methyl sites for hydroxylation is 1. The molecular formula is C14H18N2S. The van der Waals surface area contributed by atoms with Gasteiger partial charge in [-0.1, -0.05) is 32.0 Å². The van der Waals surface area contributed by atoms with Gasteiger partial charge in [0, 0.05) is 11.5 Å². The molecule has 2 nitrogen and oxygen atoms in total. The van der Waals surface area contributed by atoms with Crippen molar-refractivity contribution in [3.63, 3.8) is 0 Å². The Bertz CT molecular complexity index is 541. The van der Waals surface area contributed by atoms with Crippen LogP contribution in [0.2, 0.25) is 0 Å². The summed E-state index contributed by atoms with van der Waals surface area (Å²) in [5, 5.41) is 1.93. The first-order chi connectivity index (χ1) is 8.00. The summed E-state index contributed by atoms with van der Waals surface area (Å²) in [5.41, 5.74) is 10.7. The molecule has 0 spiro atoms. The van der Waals surface area contributed by atoms with Crippen LogP contribution in [0.1, 0.15) is 35.9 Å². The molecule has 90 valence electrons. The Kier molecular flexibility index (Phi) is 3.20. The largest absolute Gasteiger partial charge is 0.389 e. The summed E-state index contributed by atoms with van der Waals surface area (Å²) in [5.74, 6) is 0.432. The fourth-order valence-corrected chi connectivity index (χ4v) is 2.65. The Balaban J connectivity index is 2.57. The third kappa shape index (κ3) is 2.20. The van der Waals surface area contributed by atoms with Crippen molar-refractivity contribution < 1.29 is 0 Å². The van der Waals surface area contributed by atoms with E-state index in [1.54, 1.807) is 11.3 Å². The highest BCUT2D eigenvalue weighted by Gasteiger charge is 2.14. The molecule has 0 aliphatic carbocycles. The second kappa shape index (κ2) is 4.49. The summed E-state index contributed by atoms with van der Waals surface area (Å²) in [6, 6.07) is 6.27. The zero-order valence-electron chi connectivity index (χ0n) is 10.7. The van der Waals surface area contributed by atoms with Gasteiger partial charge in [0.15, 0.2) is 0 Å². The summed E-state index contributed by atoms with van der Waals surface area (Å²) in [7, 11) is 0. The average Bonchev–Trinajstić information content (AvgIpc) is 2.65. The maximum absolute atomic E-state index is 6.09. The second-order valence-corrected chi connectivity index (χ2v) is 5.73. The Morgan fingerprint density at radius 2 is 1.94 bits per heavy atom. The van der Waals surface area contributed by atoms with E-state index in [4.69, 9.17) is 5.73 Å². The smallest absolute Gasteiger partial charge is 0.114 e. The van der Waals surface area contributed by atoms with Crippen LogP contribution in [0, 0.1) is 13.8 Å². The maximum Gasteiger partial charge on any atom is 0.114 e. The van der Waals surface area contributed by atoms with E-state index in [0.717, 1.165) is 21.3 Å². The summed E-state index contributed by atoms with van der Waals surface area (Å²) in [4.78, 5) is 4.68. The molecule has 0 unspecified atom stereocenters. The number of benzene rings is 1. The van der Waals surface area contributed by atoms with E-state index in [0.29, 0.717) is 5.92 Å². The van der Waals surface area contributed by atoms with Gasteiger partial charge in [-0.3, -0.25) is 0 Å². The molecule has 0 saturated carbocycles. The van der Waals surface area contributed by atoms with Gasteiger partial charge in [-0.25, -0.2) is 4.98 Å². The predicted molar refractivity (Wildman–Crippen MR) is 75.5 cm³/mol. The third-order valence-corrected chi connectivity index (χ3v) is 4.21. The summed E-state index contributed by atoms with van der Waals surface area (Å²) < 4.78 is 0. The van der Waals surface area contributed by atoms with Crippen molar-refractivity contribution in [1.82, 2.24) is 4.98 Å². The third-order valence-electron chi connectivity index (χ3n) is 3.02.